The van der Waals surface area contributed by atoms with E-state index < -0.39 is 0 Å². The molecule has 0 unspecified atom stereocenters. The van der Waals surface area contributed by atoms with Crippen molar-refractivity contribution in [1.82, 2.24) is 9.97 Å². The number of allylic oxidation sites excluding steroid dienone is 2. The summed E-state index contributed by atoms with van der Waals surface area (Å²) in [5, 5.41) is 16.4. The first kappa shape index (κ1) is 41.4. The van der Waals surface area contributed by atoms with E-state index in [-0.39, 0.29) is 47.9 Å². The van der Waals surface area contributed by atoms with E-state index in [4.69, 9.17) is 13.8 Å². The van der Waals surface area contributed by atoms with E-state index in [0.717, 1.165) is 81.8 Å². The Balaban J connectivity index is 0.000000289. The molecule has 281 valence electrons. The standard InChI is InChI=1S/C29H27N2O2S.C15H28O2.Ir/c1-15(2)11-22-16(3)19-7-8-20-23-24(30-14-31-28(23)33-26(20)25(19)32-22)18-12-17-9-10-34-27(17)21(13-18)29(4,5)6;1-7-14(5,8-2)12(16)11-13(17)15(6,9-3)10-4;/h7-10,13-15H,11H2,1-6H3;11,16H,7-10H2,1-6H3;/q-1;;/b;12-11-;. The molecule has 0 aliphatic heterocycles. The molecule has 1 radical (unpaired) electrons. The Morgan fingerprint density at radius 3 is 2.13 bits per heavy atom. The van der Waals surface area contributed by atoms with Gasteiger partial charge in [-0.15, -0.1) is 23.6 Å². The number of aliphatic hydroxyl groups excluding tert-OH is 1. The van der Waals surface area contributed by atoms with Gasteiger partial charge in [0.2, 0.25) is 5.71 Å². The Hall–Kier alpha value is -3.32. The van der Waals surface area contributed by atoms with Crippen LogP contribution in [0.25, 0.3) is 54.4 Å². The first-order valence-electron chi connectivity index (χ1n) is 18.5. The van der Waals surface area contributed by atoms with Gasteiger partial charge in [-0.3, -0.25) is 9.78 Å². The second kappa shape index (κ2) is 16.0. The maximum absolute atomic E-state index is 12.2. The molecule has 4 heterocycles. The van der Waals surface area contributed by atoms with E-state index in [0.29, 0.717) is 11.6 Å². The molecule has 0 bridgehead atoms. The van der Waals surface area contributed by atoms with E-state index >= 15 is 0 Å². The van der Waals surface area contributed by atoms with E-state index in [2.05, 4.69) is 82.2 Å². The van der Waals surface area contributed by atoms with Gasteiger partial charge >= 0.3 is 0 Å². The van der Waals surface area contributed by atoms with Crippen molar-refractivity contribution < 1.29 is 38.8 Å². The van der Waals surface area contributed by atoms with Gasteiger partial charge in [0.25, 0.3) is 0 Å². The normalized spacial score (nSPS) is 12.9. The van der Waals surface area contributed by atoms with Crippen LogP contribution >= 0.6 is 11.3 Å². The van der Waals surface area contributed by atoms with E-state index in [1.54, 1.807) is 17.7 Å². The van der Waals surface area contributed by atoms with Crippen molar-refractivity contribution in [2.24, 2.45) is 16.7 Å². The van der Waals surface area contributed by atoms with Crippen molar-refractivity contribution in [2.45, 2.75) is 121 Å². The number of carbonyl (C=O) groups excluding carboxylic acids is 1. The molecule has 8 heteroatoms. The minimum atomic E-state index is -0.337. The average molecular weight is 900 g/mol. The molecule has 6 nitrogen and oxygen atoms in total. The van der Waals surface area contributed by atoms with Crippen LogP contribution in [0.2, 0.25) is 0 Å². The molecule has 1 N–H and O–H groups in total. The monoisotopic (exact) mass is 900 g/mol. The Kier molecular flexibility index (Phi) is 12.7. The summed E-state index contributed by atoms with van der Waals surface area (Å²) in [4.78, 5) is 21.4. The molecule has 4 aromatic heterocycles. The van der Waals surface area contributed by atoms with Gasteiger partial charge in [0.1, 0.15) is 17.8 Å². The third-order valence-corrected chi connectivity index (χ3v) is 12.1. The summed E-state index contributed by atoms with van der Waals surface area (Å²) in [6.07, 6.45) is 7.24. The molecule has 2 aromatic carbocycles. The number of fused-ring (bicyclic) bond motifs is 6. The molecule has 0 aliphatic rings. The predicted octanol–water partition coefficient (Wildman–Crippen LogP) is 13.3. The Bertz CT molecular complexity index is 2220. The van der Waals surface area contributed by atoms with E-state index in [1.165, 1.54) is 21.9 Å². The van der Waals surface area contributed by atoms with E-state index in [9.17, 15) is 9.90 Å². The summed E-state index contributed by atoms with van der Waals surface area (Å²) in [5.74, 6) is 1.83. The van der Waals surface area contributed by atoms with Gasteiger partial charge in [0, 0.05) is 65.3 Å². The number of benzene rings is 2. The first-order valence-corrected chi connectivity index (χ1v) is 19.4. The Morgan fingerprint density at radius 2 is 1.54 bits per heavy atom. The Labute approximate surface area is 326 Å². The fourth-order valence-electron chi connectivity index (χ4n) is 6.54. The van der Waals surface area contributed by atoms with Gasteiger partial charge in [-0.1, -0.05) is 93.4 Å². The molecular formula is C44H55IrN2O4S-. The molecule has 52 heavy (non-hydrogen) atoms. The predicted molar refractivity (Wildman–Crippen MR) is 214 cm³/mol. The molecule has 0 aliphatic carbocycles. The number of ketones is 1. The summed E-state index contributed by atoms with van der Waals surface area (Å²) in [5.41, 5.74) is 5.79. The fourth-order valence-corrected chi connectivity index (χ4v) is 7.62. The van der Waals surface area contributed by atoms with Crippen LogP contribution in [0.15, 0.2) is 56.6 Å². The summed E-state index contributed by atoms with van der Waals surface area (Å²) < 4.78 is 14.0. The second-order valence-electron chi connectivity index (χ2n) is 16.0. The van der Waals surface area contributed by atoms with Crippen LogP contribution in [0.3, 0.4) is 0 Å². The fraction of sp³-hybridized carbons (Fsp3) is 0.477. The van der Waals surface area contributed by atoms with Gasteiger partial charge in [0.15, 0.2) is 16.9 Å². The maximum atomic E-state index is 12.2. The smallest absolute Gasteiger partial charge is 0.223 e. The van der Waals surface area contributed by atoms with Gasteiger partial charge in [-0.05, 0) is 65.6 Å². The van der Waals surface area contributed by atoms with E-state index in [1.807, 2.05) is 41.5 Å². The maximum Gasteiger partial charge on any atom is 0.223 e. The molecule has 6 rings (SSSR count). The molecule has 6 aromatic rings. The van der Waals surface area contributed by atoms with Gasteiger partial charge in [-0.2, -0.15) is 11.3 Å². The number of hydrogen-bond donors (Lipinski definition) is 1. The zero-order valence-corrected chi connectivity index (χ0v) is 36.2. The largest absolute Gasteiger partial charge is 0.512 e. The third kappa shape index (κ3) is 7.81. The van der Waals surface area contributed by atoms with Gasteiger partial charge < -0.3 is 13.9 Å². The summed E-state index contributed by atoms with van der Waals surface area (Å²) in [6, 6.07) is 12.2. The molecule has 0 atom stereocenters. The summed E-state index contributed by atoms with van der Waals surface area (Å²) >= 11 is 1.77. The van der Waals surface area contributed by atoms with Crippen molar-refractivity contribution in [3.05, 3.63) is 70.8 Å². The average Bonchev–Trinajstić information content (AvgIpc) is 3.82. The number of rotatable bonds is 10. The van der Waals surface area contributed by atoms with Crippen LogP contribution < -0.4 is 0 Å². The first-order chi connectivity index (χ1) is 24.0. The molecule has 0 spiro atoms. The van der Waals surface area contributed by atoms with Crippen LogP contribution in [0.1, 0.15) is 119 Å². The zero-order chi connectivity index (χ0) is 37.5. The minimum Gasteiger partial charge on any atom is -0.512 e. The van der Waals surface area contributed by atoms with Crippen molar-refractivity contribution in [3.63, 3.8) is 0 Å². The number of aliphatic hydroxyl groups is 1. The molecule has 0 fully saturated rings. The van der Waals surface area contributed by atoms with Crippen molar-refractivity contribution in [3.8, 4) is 11.3 Å². The van der Waals surface area contributed by atoms with Crippen LogP contribution in [0, 0.1) is 29.7 Å². The van der Waals surface area contributed by atoms with Gasteiger partial charge in [0.05, 0.1) is 0 Å². The molecule has 0 saturated carbocycles. The topological polar surface area (TPSA) is 89.4 Å². The quantitative estimate of drug-likeness (QED) is 0.0837. The minimum absolute atomic E-state index is 0. The Morgan fingerprint density at radius 1 is 0.923 bits per heavy atom. The zero-order valence-electron chi connectivity index (χ0n) is 33.0. The van der Waals surface area contributed by atoms with Crippen molar-refractivity contribution in [1.29, 1.82) is 0 Å². The van der Waals surface area contributed by atoms with Crippen LogP contribution in [0.4, 0.5) is 0 Å². The number of furan rings is 2. The summed E-state index contributed by atoms with van der Waals surface area (Å²) in [7, 11) is 0. The second-order valence-corrected chi connectivity index (χ2v) is 16.9. The number of aryl methyl sites for hydroxylation is 1. The van der Waals surface area contributed by atoms with Crippen molar-refractivity contribution in [2.75, 3.05) is 0 Å². The molecular weight excluding hydrogens is 845 g/mol. The number of aromatic nitrogens is 2. The van der Waals surface area contributed by atoms with Crippen molar-refractivity contribution >= 4 is 60.2 Å². The van der Waals surface area contributed by atoms with Crippen LogP contribution in [-0.2, 0) is 36.7 Å². The summed E-state index contributed by atoms with van der Waals surface area (Å²) in [6.45, 7) is 25.4. The number of hydrogen-bond acceptors (Lipinski definition) is 7. The van der Waals surface area contributed by atoms with Gasteiger partial charge in [-0.25, -0.2) is 4.98 Å². The third-order valence-electron chi connectivity index (χ3n) is 11.2. The number of thiophene rings is 1. The molecule has 0 saturated heterocycles. The number of carbonyl (C=O) groups is 1. The number of nitrogens with zero attached hydrogens (tertiary/aromatic N) is 2. The SMILES string of the molecule is CCC(C)(CC)C(=O)/C=C(\O)C(C)(CC)CC.Cc1c(CC(C)C)oc2c1ccc1c2oc2ncnc(-c3[c-]c4ccsc4c(C(C)(C)C)c3)c21.[Ir]. The molecule has 0 amide bonds. The van der Waals surface area contributed by atoms with Crippen LogP contribution in [-0.4, -0.2) is 20.9 Å². The van der Waals surface area contributed by atoms with Crippen LogP contribution in [0.5, 0.6) is 0 Å².